The molecule has 1 aromatic carbocycles. The number of cyclic esters (lactones) is 1. The highest BCUT2D eigenvalue weighted by atomic mass is 127. The molecule has 2 aliphatic heterocycles. The number of nitrogen functional groups attached to an aromatic ring is 1. The van der Waals surface area contributed by atoms with E-state index in [4.69, 9.17) is 24.7 Å². The molecule has 3 aromatic rings. The Morgan fingerprint density at radius 1 is 1.13 bits per heavy atom. The van der Waals surface area contributed by atoms with Crippen molar-refractivity contribution in [1.29, 1.82) is 0 Å². The van der Waals surface area contributed by atoms with Crippen LogP contribution in [0.25, 0.3) is 10.4 Å². The van der Waals surface area contributed by atoms with E-state index in [1.807, 2.05) is 20.0 Å². The fourth-order valence-corrected chi connectivity index (χ4v) is 9.95. The van der Waals surface area contributed by atoms with Crippen molar-refractivity contribution in [3.63, 3.8) is 0 Å². The quantitative estimate of drug-likeness (QED) is 0.0846. The number of rotatable bonds is 12. The number of carbonyl (C=O) groups excluding carboxylic acids is 3. The highest BCUT2D eigenvalue weighted by Crippen LogP contribution is 2.39. The molecule has 13 atom stereocenters. The number of nitrogens with zero attached hydrogens (tertiary/aromatic N) is 5. The number of hydrogen-bond acceptors (Lipinski definition) is 16. The monoisotopic (exact) mass is 1000 g/mol. The number of aromatic nitrogens is 4. The second-order valence-electron chi connectivity index (χ2n) is 17.5. The van der Waals surface area contributed by atoms with Gasteiger partial charge in [0, 0.05) is 68.2 Å². The Bertz CT molecular complexity index is 2020. The number of anilines is 1. The number of aliphatic hydroxyl groups is 3. The van der Waals surface area contributed by atoms with Crippen molar-refractivity contribution in [3.05, 3.63) is 47.7 Å². The van der Waals surface area contributed by atoms with Gasteiger partial charge in [0.1, 0.15) is 23.1 Å². The van der Waals surface area contributed by atoms with Crippen LogP contribution in [0.15, 0.2) is 30.6 Å². The third-order valence-electron chi connectivity index (χ3n) is 12.7. The van der Waals surface area contributed by atoms with Crippen LogP contribution in [-0.4, -0.2) is 131 Å². The highest BCUT2D eigenvalue weighted by Gasteiger charge is 2.51. The number of Topliss-reactive ketones (excluding diaryl/α,β-unsaturated/α-hetero) is 2. The van der Waals surface area contributed by atoms with E-state index < -0.39 is 81.1 Å². The first-order valence-electron chi connectivity index (χ1n) is 21.0. The molecule has 344 valence electrons. The fourth-order valence-electron chi connectivity index (χ4n) is 8.62. The third-order valence-corrected chi connectivity index (χ3v) is 15.1. The molecule has 0 spiro atoms. The molecule has 5 N–H and O–H groups in total. The number of likely N-dealkylation sites (N-methyl/N-ethyl adjacent to an activating group) is 1. The number of alkyl halides is 1. The molecule has 16 nitrogen and oxygen atoms in total. The molecular weight excluding hydrogens is 938 g/mol. The highest BCUT2D eigenvalue weighted by molar-refractivity contribution is 14.1. The smallest absolute Gasteiger partial charge is 0.317 e. The number of thiazole rings is 1. The van der Waals surface area contributed by atoms with Crippen molar-refractivity contribution in [3.8, 4) is 10.4 Å². The minimum absolute atomic E-state index is 0.00769. The second-order valence-corrected chi connectivity index (χ2v) is 19.7. The Labute approximate surface area is 380 Å². The van der Waals surface area contributed by atoms with Crippen LogP contribution in [-0.2, 0) is 46.2 Å². The van der Waals surface area contributed by atoms with Crippen molar-refractivity contribution in [2.24, 2.45) is 23.7 Å². The van der Waals surface area contributed by atoms with Crippen LogP contribution in [0.3, 0.4) is 0 Å². The van der Waals surface area contributed by atoms with Gasteiger partial charge in [-0.3, -0.25) is 14.4 Å². The average Bonchev–Trinajstić information content (AvgIpc) is 3.90. The van der Waals surface area contributed by atoms with Gasteiger partial charge < -0.3 is 44.9 Å². The SMILES string of the molecule is CO[C@]1(C)C[C@@H](C)C(=O)[C@H](C)[C@@H](O)[C@](C)(O)[C@@H](I)OC(=O)[C@H](C)C(=O)[C@H](C)[C@H]1O[C@H]1C[C@@H](N(C)CCc2cn([C@H](CO)Cc3ccc(-c4cnc(N)s4)c(F)c3)nn2)C[C@@H](C)O1. The first kappa shape index (κ1) is 50.0. The molecule has 0 amide bonds. The van der Waals surface area contributed by atoms with Crippen molar-refractivity contribution in [2.75, 3.05) is 33.0 Å². The molecule has 0 saturated carbocycles. The largest absolute Gasteiger partial charge is 0.448 e. The summed E-state index contributed by atoms with van der Waals surface area (Å²) in [5.74, 6) is -5.99. The molecule has 62 heavy (non-hydrogen) atoms. The number of benzene rings is 1. The third kappa shape index (κ3) is 11.4. The van der Waals surface area contributed by atoms with Crippen LogP contribution >= 0.6 is 33.9 Å². The number of aliphatic hydroxyl groups excluding tert-OH is 2. The van der Waals surface area contributed by atoms with Gasteiger partial charge in [0.25, 0.3) is 0 Å². The zero-order valence-corrected chi connectivity index (χ0v) is 39.8. The van der Waals surface area contributed by atoms with Crippen molar-refractivity contribution in [1.82, 2.24) is 24.9 Å². The lowest BCUT2D eigenvalue weighted by Crippen LogP contribution is -2.57. The summed E-state index contributed by atoms with van der Waals surface area (Å²) < 4.78 is 40.1. The molecular formula is C43H62FIN6O10S. The summed E-state index contributed by atoms with van der Waals surface area (Å²) >= 11 is 2.90. The Hall–Kier alpha value is -3.02. The molecule has 19 heteroatoms. The molecule has 0 radical (unpaired) electrons. The van der Waals surface area contributed by atoms with E-state index in [1.165, 1.54) is 45.3 Å². The lowest BCUT2D eigenvalue weighted by atomic mass is 9.75. The van der Waals surface area contributed by atoms with Crippen molar-refractivity contribution >= 4 is 56.6 Å². The number of hydrogen-bond donors (Lipinski definition) is 4. The van der Waals surface area contributed by atoms with Crippen LogP contribution < -0.4 is 5.73 Å². The van der Waals surface area contributed by atoms with Crippen molar-refractivity contribution in [2.45, 2.75) is 133 Å². The number of nitrogens with two attached hydrogens (primary N) is 1. The Kier molecular flexibility index (Phi) is 16.8. The predicted molar refractivity (Wildman–Crippen MR) is 238 cm³/mol. The van der Waals surface area contributed by atoms with Gasteiger partial charge in [-0.05, 0) is 88.2 Å². The number of ketones is 2. The summed E-state index contributed by atoms with van der Waals surface area (Å²) in [6, 6.07) is 4.47. The Morgan fingerprint density at radius 2 is 1.84 bits per heavy atom. The maximum Gasteiger partial charge on any atom is 0.317 e. The van der Waals surface area contributed by atoms with Gasteiger partial charge in [0.15, 0.2) is 21.3 Å². The average molecular weight is 1000 g/mol. The van der Waals surface area contributed by atoms with Gasteiger partial charge in [0.05, 0.1) is 47.1 Å². The Morgan fingerprint density at radius 3 is 2.47 bits per heavy atom. The summed E-state index contributed by atoms with van der Waals surface area (Å²) in [4.78, 5) is 48.0. The lowest BCUT2D eigenvalue weighted by Gasteiger charge is -2.45. The molecule has 0 unspecified atom stereocenters. The molecule has 0 aliphatic carbocycles. The minimum atomic E-state index is -1.99. The lowest BCUT2D eigenvalue weighted by molar-refractivity contribution is -0.263. The summed E-state index contributed by atoms with van der Waals surface area (Å²) in [6.07, 6.45) is 1.88. The van der Waals surface area contributed by atoms with Crippen molar-refractivity contribution < 1.29 is 53.0 Å². The molecule has 2 aromatic heterocycles. The number of carbonyl (C=O) groups is 3. The van der Waals surface area contributed by atoms with Gasteiger partial charge in [-0.1, -0.05) is 49.5 Å². The first-order chi connectivity index (χ1) is 29.1. The second kappa shape index (κ2) is 20.9. The predicted octanol–water partition coefficient (Wildman–Crippen LogP) is 4.56. The van der Waals surface area contributed by atoms with Crippen LogP contribution in [0.5, 0.6) is 0 Å². The molecule has 0 bridgehead atoms. The summed E-state index contributed by atoms with van der Waals surface area (Å²) in [6.45, 7) is 11.7. The first-order valence-corrected chi connectivity index (χ1v) is 23.1. The van der Waals surface area contributed by atoms with E-state index in [9.17, 15) is 29.7 Å². The maximum atomic E-state index is 15.1. The fraction of sp³-hybridized carbons (Fsp3) is 0.674. The van der Waals surface area contributed by atoms with E-state index in [1.54, 1.807) is 66.5 Å². The van der Waals surface area contributed by atoms with Gasteiger partial charge in [-0.25, -0.2) is 14.1 Å². The molecule has 4 heterocycles. The number of ether oxygens (including phenoxy) is 4. The summed E-state index contributed by atoms with van der Waals surface area (Å²) in [5.41, 5.74) is 4.31. The number of halogens is 2. The molecule has 2 aliphatic rings. The minimum Gasteiger partial charge on any atom is -0.448 e. The van der Waals surface area contributed by atoms with Crippen LogP contribution in [0, 0.1) is 29.5 Å². The summed E-state index contributed by atoms with van der Waals surface area (Å²) in [7, 11) is 3.48. The van der Waals surface area contributed by atoms with E-state index in [0.717, 1.165) is 0 Å². The van der Waals surface area contributed by atoms with E-state index >= 15 is 4.39 Å². The molecule has 2 fully saturated rings. The Balaban J connectivity index is 1.28. The van der Waals surface area contributed by atoms with Gasteiger partial charge >= 0.3 is 5.97 Å². The van der Waals surface area contributed by atoms with Crippen LogP contribution in [0.2, 0.25) is 0 Å². The zero-order chi connectivity index (χ0) is 45.8. The zero-order valence-electron chi connectivity index (χ0n) is 36.9. The van der Waals surface area contributed by atoms with Gasteiger partial charge in [0.2, 0.25) is 0 Å². The van der Waals surface area contributed by atoms with E-state index in [0.29, 0.717) is 59.1 Å². The van der Waals surface area contributed by atoms with Gasteiger partial charge in [-0.2, -0.15) is 0 Å². The number of esters is 1. The molecule has 5 rings (SSSR count). The van der Waals surface area contributed by atoms with E-state index in [-0.39, 0.29) is 31.0 Å². The standard InChI is InChI=1S/C43H62FIN6O10S/c1-22-18-42(6,58-9)38(25(4)36(54)26(5)39(56)61-40(45)43(7,57)37(55)24(3)35(22)53)60-34-17-29(14-23(2)59-34)50(8)13-12-28-20-51(49-48-28)30(21-52)15-27-10-11-31(32(44)16-27)33-19-47-41(46)62-33/h10-11,16,19-20,22-26,29-30,34,37-38,40,52,55,57H,12-15,17-18,21H2,1-9H3,(H2,46,47)/t22-,23-,24+,25+,26-,29+,30+,34+,37-,38-,40+,42-,43+/m1/s1. The molecule has 2 saturated heterocycles. The van der Waals surface area contributed by atoms with Crippen LogP contribution in [0.4, 0.5) is 9.52 Å². The maximum absolute atomic E-state index is 15.1. The summed E-state index contributed by atoms with van der Waals surface area (Å²) in [5, 5.41) is 41.7. The van der Waals surface area contributed by atoms with E-state index in [2.05, 4.69) is 20.2 Å². The van der Waals surface area contributed by atoms with Gasteiger partial charge in [-0.15, -0.1) is 5.10 Å². The normalized spacial score (nSPS) is 33.6. The number of methoxy groups -OCH3 is 1. The topological polar surface area (TPSA) is 222 Å². The van der Waals surface area contributed by atoms with Crippen LogP contribution in [0.1, 0.15) is 85.0 Å².